The van der Waals surface area contributed by atoms with Gasteiger partial charge < -0.3 is 14.7 Å². The summed E-state index contributed by atoms with van der Waals surface area (Å²) < 4.78 is 0. The Balaban J connectivity index is 1.19. The highest BCUT2D eigenvalue weighted by Crippen LogP contribution is 2.47. The van der Waals surface area contributed by atoms with E-state index in [1.165, 1.54) is 66.3 Å². The molecule has 0 saturated carbocycles. The van der Waals surface area contributed by atoms with Crippen LogP contribution in [0.1, 0.15) is 0 Å². The Morgan fingerprint density at radius 3 is 1.87 bits per heavy atom. The normalized spacial score (nSPS) is 14.0. The van der Waals surface area contributed by atoms with Crippen molar-refractivity contribution in [1.82, 2.24) is 0 Å². The molecule has 3 aliphatic rings. The monoisotopic (exact) mass is 719 g/mol. The van der Waals surface area contributed by atoms with Crippen molar-refractivity contribution in [2.24, 2.45) is 0 Å². The largest absolute Gasteiger partial charge is 0.312 e. The van der Waals surface area contributed by atoms with Gasteiger partial charge in [0.2, 0.25) is 0 Å². The number of nitrogens with zero attached hydrogens (tertiary/aromatic N) is 3. The second-order valence-electron chi connectivity index (χ2n) is 15.3. The van der Waals surface area contributed by atoms with E-state index in [4.69, 9.17) is 0 Å². The number of benzene rings is 8. The molecule has 0 saturated heterocycles. The van der Waals surface area contributed by atoms with Crippen LogP contribution in [0, 0.1) is 0 Å². The Kier molecular flexibility index (Phi) is 7.10. The van der Waals surface area contributed by atoms with Crippen LogP contribution in [0.25, 0.3) is 11.1 Å². The minimum Gasteiger partial charge on any atom is -0.312 e. The smallest absolute Gasteiger partial charge is 0.252 e. The minimum atomic E-state index is -2.00. The molecular formula is C50H38BN3Si. The number of hydrogen-bond acceptors (Lipinski definition) is 3. The molecule has 8 aromatic carbocycles. The molecule has 0 atom stereocenters. The zero-order valence-electron chi connectivity index (χ0n) is 30.9. The fourth-order valence-electron chi connectivity index (χ4n) is 9.60. The van der Waals surface area contributed by atoms with Gasteiger partial charge in [-0.25, -0.2) is 0 Å². The molecule has 8 aromatic rings. The van der Waals surface area contributed by atoms with Gasteiger partial charge >= 0.3 is 0 Å². The van der Waals surface area contributed by atoms with Crippen LogP contribution in [0.5, 0.6) is 0 Å². The van der Waals surface area contributed by atoms with Gasteiger partial charge in [0.05, 0.1) is 5.69 Å². The Bertz CT molecular complexity index is 2770. The van der Waals surface area contributed by atoms with Gasteiger partial charge in [-0.05, 0) is 93.0 Å². The molecule has 5 heteroatoms. The highest BCUT2D eigenvalue weighted by Gasteiger charge is 2.48. The maximum absolute atomic E-state index is 2.59. The quantitative estimate of drug-likeness (QED) is 0.164. The molecule has 3 nitrogen and oxygen atoms in total. The SMILES string of the molecule is C[Si]1(C)c2ccccc2N2c3cccc4c3B(c3ccc(N(c5ccccc5)c5ccccc5-c5ccccc5)cc3N4c3ccccc3)c3cccc1c32. The number of fused-ring (bicyclic) bond motifs is 6. The second kappa shape index (κ2) is 12.2. The first-order valence-corrected chi connectivity index (χ1v) is 22.2. The molecule has 0 fully saturated rings. The van der Waals surface area contributed by atoms with Gasteiger partial charge in [0.1, 0.15) is 8.07 Å². The summed E-state index contributed by atoms with van der Waals surface area (Å²) >= 11 is 0. The Morgan fingerprint density at radius 1 is 0.455 bits per heavy atom. The minimum absolute atomic E-state index is 0.0817. The molecule has 0 N–H and O–H groups in total. The molecule has 0 amide bonds. The number of anilines is 9. The molecule has 0 aromatic heterocycles. The van der Waals surface area contributed by atoms with Crippen LogP contribution < -0.4 is 41.5 Å². The zero-order chi connectivity index (χ0) is 36.7. The highest BCUT2D eigenvalue weighted by molar-refractivity contribution is 7.05. The predicted molar refractivity (Wildman–Crippen MR) is 237 cm³/mol. The van der Waals surface area contributed by atoms with Gasteiger partial charge in [-0.1, -0.05) is 147 Å². The molecule has 3 heterocycles. The maximum Gasteiger partial charge on any atom is 0.252 e. The van der Waals surface area contributed by atoms with E-state index >= 15 is 0 Å². The summed E-state index contributed by atoms with van der Waals surface area (Å²) in [5, 5.41) is 3.00. The summed E-state index contributed by atoms with van der Waals surface area (Å²) in [5.74, 6) is 0. The van der Waals surface area contributed by atoms with Crippen LogP contribution in [0.15, 0.2) is 194 Å². The molecule has 0 bridgehead atoms. The lowest BCUT2D eigenvalue weighted by Gasteiger charge is -2.49. The van der Waals surface area contributed by atoms with Gasteiger partial charge in [0.15, 0.2) is 0 Å². The van der Waals surface area contributed by atoms with Crippen LogP contribution in [-0.4, -0.2) is 14.8 Å². The van der Waals surface area contributed by atoms with Crippen molar-refractivity contribution >= 4 is 92.7 Å². The van der Waals surface area contributed by atoms with Crippen LogP contribution in [0.3, 0.4) is 0 Å². The first-order valence-electron chi connectivity index (χ1n) is 19.2. The predicted octanol–water partition coefficient (Wildman–Crippen LogP) is 10.0. The first kappa shape index (κ1) is 31.9. The topological polar surface area (TPSA) is 9.72 Å². The molecule has 11 rings (SSSR count). The average Bonchev–Trinajstić information content (AvgIpc) is 3.24. The van der Waals surface area contributed by atoms with E-state index in [1.807, 2.05) is 0 Å². The van der Waals surface area contributed by atoms with E-state index in [1.54, 1.807) is 0 Å². The second-order valence-corrected chi connectivity index (χ2v) is 19.7. The Hall–Kier alpha value is -6.56. The van der Waals surface area contributed by atoms with Crippen molar-refractivity contribution in [3.05, 3.63) is 194 Å². The van der Waals surface area contributed by atoms with Crippen LogP contribution in [0.2, 0.25) is 13.1 Å². The van der Waals surface area contributed by atoms with E-state index in [0.717, 1.165) is 22.7 Å². The van der Waals surface area contributed by atoms with Crippen LogP contribution in [0.4, 0.5) is 51.2 Å². The van der Waals surface area contributed by atoms with Crippen molar-refractivity contribution in [1.29, 1.82) is 0 Å². The highest BCUT2D eigenvalue weighted by atomic mass is 28.3. The molecule has 0 aliphatic carbocycles. The fraction of sp³-hybridized carbons (Fsp3) is 0.0400. The first-order chi connectivity index (χ1) is 27.1. The van der Waals surface area contributed by atoms with Crippen molar-refractivity contribution in [3.63, 3.8) is 0 Å². The van der Waals surface area contributed by atoms with Crippen molar-refractivity contribution in [2.45, 2.75) is 13.1 Å². The van der Waals surface area contributed by atoms with Gasteiger partial charge in [-0.2, -0.15) is 0 Å². The standard InChI is InChI=1S/C50H38BN3Si/c1-55(2)47-30-15-14-27-43(47)54-45-29-17-28-44-49(45)51(41-25-16-31-48(55)50(41)54)40-33-32-38(34-46(40)53(44)37-22-10-5-11-23-37)52(36-20-8-4-9-21-36)42-26-13-12-24-39(42)35-18-6-3-7-19-35/h3-34H,1-2H3. The summed E-state index contributed by atoms with van der Waals surface area (Å²) in [6.07, 6.45) is 0. The maximum atomic E-state index is 2.59. The lowest BCUT2D eigenvalue weighted by atomic mass is 9.33. The van der Waals surface area contributed by atoms with Gasteiger partial charge in [-0.15, -0.1) is 0 Å². The van der Waals surface area contributed by atoms with E-state index in [9.17, 15) is 0 Å². The Morgan fingerprint density at radius 2 is 1.07 bits per heavy atom. The molecule has 0 unspecified atom stereocenters. The summed E-state index contributed by atoms with van der Waals surface area (Å²) in [5.41, 5.74) is 17.4. The van der Waals surface area contributed by atoms with Gasteiger partial charge in [0.25, 0.3) is 6.71 Å². The van der Waals surface area contributed by atoms with Gasteiger partial charge in [0, 0.05) is 51.1 Å². The molecule has 3 aliphatic heterocycles. The molecule has 0 spiro atoms. The lowest BCUT2D eigenvalue weighted by Crippen LogP contribution is -2.67. The van der Waals surface area contributed by atoms with Crippen LogP contribution >= 0.6 is 0 Å². The van der Waals surface area contributed by atoms with Crippen molar-refractivity contribution < 1.29 is 0 Å². The lowest BCUT2D eigenvalue weighted by molar-refractivity contribution is 1.24. The van der Waals surface area contributed by atoms with Crippen molar-refractivity contribution in [2.75, 3.05) is 14.7 Å². The van der Waals surface area contributed by atoms with Crippen molar-refractivity contribution in [3.8, 4) is 11.1 Å². The van der Waals surface area contributed by atoms with E-state index in [2.05, 4.69) is 222 Å². The summed E-state index contributed by atoms with van der Waals surface area (Å²) in [7, 11) is -2.00. The van der Waals surface area contributed by atoms with E-state index in [-0.39, 0.29) is 6.71 Å². The third-order valence-corrected chi connectivity index (χ3v) is 15.5. The molecule has 0 radical (unpaired) electrons. The van der Waals surface area contributed by atoms with E-state index < -0.39 is 8.07 Å². The molecular weight excluding hydrogens is 681 g/mol. The summed E-state index contributed by atoms with van der Waals surface area (Å²) in [6, 6.07) is 71.6. The third-order valence-electron chi connectivity index (χ3n) is 12.0. The summed E-state index contributed by atoms with van der Waals surface area (Å²) in [4.78, 5) is 7.52. The van der Waals surface area contributed by atoms with Crippen LogP contribution in [-0.2, 0) is 0 Å². The Labute approximate surface area is 324 Å². The number of hydrogen-bond donors (Lipinski definition) is 0. The number of rotatable bonds is 5. The average molecular weight is 720 g/mol. The fourth-order valence-corrected chi connectivity index (χ4v) is 12.6. The third kappa shape index (κ3) is 4.70. The summed E-state index contributed by atoms with van der Waals surface area (Å²) in [6.45, 7) is 5.13. The zero-order valence-corrected chi connectivity index (χ0v) is 31.9. The molecule has 260 valence electrons. The van der Waals surface area contributed by atoms with E-state index in [0.29, 0.717) is 0 Å². The number of para-hydroxylation sites is 5. The molecule has 55 heavy (non-hydrogen) atoms. The van der Waals surface area contributed by atoms with Gasteiger partial charge in [-0.3, -0.25) is 0 Å².